The van der Waals surface area contributed by atoms with Crippen LogP contribution in [0.5, 0.6) is 11.5 Å². The van der Waals surface area contributed by atoms with Crippen molar-refractivity contribution in [1.82, 2.24) is 5.32 Å². The standard InChI is InChI=1S/C14H21NO2S/c1-16-13-4-6-14(7-5-13)17-9-8-15-12-3-2-10-18-11-12/h4-7,12,15H,2-3,8-11H2,1H3. The molecule has 0 saturated carbocycles. The molecule has 100 valence electrons. The van der Waals surface area contributed by atoms with Crippen molar-refractivity contribution in [3.63, 3.8) is 0 Å². The maximum absolute atomic E-state index is 5.67. The van der Waals surface area contributed by atoms with Crippen LogP contribution in [0.2, 0.25) is 0 Å². The monoisotopic (exact) mass is 267 g/mol. The van der Waals surface area contributed by atoms with Crippen LogP contribution in [-0.2, 0) is 0 Å². The first-order chi connectivity index (χ1) is 8.88. The van der Waals surface area contributed by atoms with Gasteiger partial charge in [0, 0.05) is 18.3 Å². The van der Waals surface area contributed by atoms with Crippen molar-refractivity contribution in [2.24, 2.45) is 0 Å². The Hall–Kier alpha value is -0.870. The highest BCUT2D eigenvalue weighted by molar-refractivity contribution is 7.99. The van der Waals surface area contributed by atoms with Gasteiger partial charge in [0.25, 0.3) is 0 Å². The summed E-state index contributed by atoms with van der Waals surface area (Å²) < 4.78 is 10.8. The molecule has 1 aliphatic rings. The van der Waals surface area contributed by atoms with Crippen LogP contribution in [0.25, 0.3) is 0 Å². The summed E-state index contributed by atoms with van der Waals surface area (Å²) in [4.78, 5) is 0. The highest BCUT2D eigenvalue weighted by Gasteiger charge is 2.12. The van der Waals surface area contributed by atoms with E-state index in [0.717, 1.165) is 18.0 Å². The molecule has 1 aliphatic heterocycles. The van der Waals surface area contributed by atoms with E-state index >= 15 is 0 Å². The number of hydrogen-bond donors (Lipinski definition) is 1. The van der Waals surface area contributed by atoms with Gasteiger partial charge in [-0.3, -0.25) is 0 Å². The van der Waals surface area contributed by atoms with Crippen LogP contribution >= 0.6 is 11.8 Å². The first kappa shape index (κ1) is 13.6. The van der Waals surface area contributed by atoms with Crippen molar-refractivity contribution in [3.05, 3.63) is 24.3 Å². The number of rotatable bonds is 6. The molecule has 0 amide bonds. The van der Waals surface area contributed by atoms with Gasteiger partial charge in [-0.1, -0.05) is 0 Å². The zero-order chi connectivity index (χ0) is 12.6. The minimum absolute atomic E-state index is 0.670. The van der Waals surface area contributed by atoms with E-state index in [4.69, 9.17) is 9.47 Å². The van der Waals surface area contributed by atoms with Gasteiger partial charge in [0.2, 0.25) is 0 Å². The van der Waals surface area contributed by atoms with Crippen LogP contribution in [0, 0.1) is 0 Å². The van der Waals surface area contributed by atoms with E-state index in [1.165, 1.54) is 24.3 Å². The third kappa shape index (κ3) is 4.42. The molecule has 1 heterocycles. The van der Waals surface area contributed by atoms with Crippen LogP contribution in [0.4, 0.5) is 0 Å². The maximum Gasteiger partial charge on any atom is 0.119 e. The molecule has 4 heteroatoms. The Morgan fingerprint density at radius 1 is 1.28 bits per heavy atom. The van der Waals surface area contributed by atoms with Gasteiger partial charge in [0.15, 0.2) is 0 Å². The fourth-order valence-electron chi connectivity index (χ4n) is 2.01. The van der Waals surface area contributed by atoms with Crippen molar-refractivity contribution in [1.29, 1.82) is 0 Å². The molecule has 3 nitrogen and oxygen atoms in total. The third-order valence-electron chi connectivity index (χ3n) is 3.02. The van der Waals surface area contributed by atoms with E-state index in [1.54, 1.807) is 7.11 Å². The summed E-state index contributed by atoms with van der Waals surface area (Å²) in [7, 11) is 1.67. The predicted octanol–water partition coefficient (Wildman–Crippen LogP) is 2.56. The highest BCUT2D eigenvalue weighted by Crippen LogP contribution is 2.18. The molecule has 1 aromatic rings. The van der Waals surface area contributed by atoms with E-state index in [2.05, 4.69) is 5.32 Å². The maximum atomic E-state index is 5.67. The van der Waals surface area contributed by atoms with Crippen molar-refractivity contribution in [2.75, 3.05) is 31.8 Å². The number of benzene rings is 1. The number of hydrogen-bond acceptors (Lipinski definition) is 4. The Labute approximate surface area is 113 Å². The van der Waals surface area contributed by atoms with Crippen LogP contribution in [-0.4, -0.2) is 37.8 Å². The average molecular weight is 267 g/mol. The van der Waals surface area contributed by atoms with Gasteiger partial charge in [0.1, 0.15) is 18.1 Å². The Bertz CT molecular complexity index is 336. The number of nitrogens with one attached hydrogen (secondary N) is 1. The number of thioether (sulfide) groups is 1. The molecule has 1 fully saturated rings. The predicted molar refractivity (Wildman–Crippen MR) is 76.8 cm³/mol. The Kier molecular flexibility index (Phi) is 5.68. The second kappa shape index (κ2) is 7.54. The summed E-state index contributed by atoms with van der Waals surface area (Å²) in [5, 5.41) is 3.54. The van der Waals surface area contributed by atoms with Crippen LogP contribution in [0.1, 0.15) is 12.8 Å². The Morgan fingerprint density at radius 2 is 2.06 bits per heavy atom. The molecule has 0 spiro atoms. The smallest absolute Gasteiger partial charge is 0.119 e. The van der Waals surface area contributed by atoms with Crippen molar-refractivity contribution in [2.45, 2.75) is 18.9 Å². The molecule has 0 aromatic heterocycles. The lowest BCUT2D eigenvalue weighted by Crippen LogP contribution is -2.36. The molecule has 1 aromatic carbocycles. The first-order valence-corrected chi connectivity index (χ1v) is 7.62. The molecular formula is C14H21NO2S. The van der Waals surface area contributed by atoms with Crippen LogP contribution < -0.4 is 14.8 Å². The minimum Gasteiger partial charge on any atom is -0.497 e. The zero-order valence-electron chi connectivity index (χ0n) is 10.9. The summed E-state index contributed by atoms with van der Waals surface area (Å²) in [5.41, 5.74) is 0. The van der Waals surface area contributed by atoms with E-state index < -0.39 is 0 Å². The van der Waals surface area contributed by atoms with Crippen LogP contribution in [0.15, 0.2) is 24.3 Å². The highest BCUT2D eigenvalue weighted by atomic mass is 32.2. The molecule has 0 bridgehead atoms. The fraction of sp³-hybridized carbons (Fsp3) is 0.571. The third-order valence-corrected chi connectivity index (χ3v) is 4.24. The van der Waals surface area contributed by atoms with E-state index in [9.17, 15) is 0 Å². The molecule has 1 saturated heterocycles. The minimum atomic E-state index is 0.670. The molecule has 0 radical (unpaired) electrons. The number of methoxy groups -OCH3 is 1. The Morgan fingerprint density at radius 3 is 2.72 bits per heavy atom. The first-order valence-electron chi connectivity index (χ1n) is 6.46. The number of ether oxygens (including phenoxy) is 2. The largest absolute Gasteiger partial charge is 0.497 e. The lowest BCUT2D eigenvalue weighted by atomic mass is 10.2. The molecular weight excluding hydrogens is 246 g/mol. The van der Waals surface area contributed by atoms with Gasteiger partial charge in [-0.05, 0) is 42.9 Å². The Balaban J connectivity index is 1.62. The van der Waals surface area contributed by atoms with Crippen molar-refractivity contribution in [3.8, 4) is 11.5 Å². The van der Waals surface area contributed by atoms with E-state index in [0.29, 0.717) is 12.6 Å². The van der Waals surface area contributed by atoms with E-state index in [-0.39, 0.29) is 0 Å². The molecule has 1 atom stereocenters. The molecule has 0 aliphatic carbocycles. The van der Waals surface area contributed by atoms with Gasteiger partial charge in [-0.25, -0.2) is 0 Å². The zero-order valence-corrected chi connectivity index (χ0v) is 11.7. The van der Waals surface area contributed by atoms with Gasteiger partial charge in [-0.2, -0.15) is 11.8 Å². The molecule has 18 heavy (non-hydrogen) atoms. The average Bonchev–Trinajstić information content (AvgIpc) is 2.45. The SMILES string of the molecule is COc1ccc(OCCNC2CCCSC2)cc1. The van der Waals surface area contributed by atoms with Gasteiger partial charge < -0.3 is 14.8 Å². The summed E-state index contributed by atoms with van der Waals surface area (Å²) in [6, 6.07) is 8.38. The van der Waals surface area contributed by atoms with E-state index in [1.807, 2.05) is 36.0 Å². The van der Waals surface area contributed by atoms with Crippen LogP contribution in [0.3, 0.4) is 0 Å². The molecule has 2 rings (SSSR count). The lowest BCUT2D eigenvalue weighted by Gasteiger charge is -2.22. The summed E-state index contributed by atoms with van der Waals surface area (Å²) in [6.45, 7) is 1.63. The second-order valence-electron chi connectivity index (χ2n) is 4.39. The van der Waals surface area contributed by atoms with Gasteiger partial charge >= 0.3 is 0 Å². The molecule has 1 unspecified atom stereocenters. The summed E-state index contributed by atoms with van der Waals surface area (Å²) >= 11 is 2.04. The summed E-state index contributed by atoms with van der Waals surface area (Å²) in [6.07, 6.45) is 2.64. The van der Waals surface area contributed by atoms with Gasteiger partial charge in [0.05, 0.1) is 7.11 Å². The van der Waals surface area contributed by atoms with Gasteiger partial charge in [-0.15, -0.1) is 0 Å². The van der Waals surface area contributed by atoms with Crippen molar-refractivity contribution < 1.29 is 9.47 Å². The second-order valence-corrected chi connectivity index (χ2v) is 5.54. The summed E-state index contributed by atoms with van der Waals surface area (Å²) in [5.74, 6) is 4.32. The normalized spacial score (nSPS) is 19.5. The molecule has 1 N–H and O–H groups in total. The fourth-order valence-corrected chi connectivity index (χ4v) is 3.11. The topological polar surface area (TPSA) is 30.5 Å². The van der Waals surface area contributed by atoms with Crippen molar-refractivity contribution >= 4 is 11.8 Å². The lowest BCUT2D eigenvalue weighted by molar-refractivity contribution is 0.304. The quantitative estimate of drug-likeness (QED) is 0.803.